The third-order valence-corrected chi connectivity index (χ3v) is 5.63. The fraction of sp³-hybridized carbons (Fsp3) is 0.333. The Balaban J connectivity index is 1.58. The number of hydrazine groups is 1. The molecule has 0 aromatic heterocycles. The van der Waals surface area contributed by atoms with Crippen molar-refractivity contribution in [2.75, 3.05) is 11.6 Å². The number of hydrogen-bond acceptors (Lipinski definition) is 5. The van der Waals surface area contributed by atoms with Crippen molar-refractivity contribution in [3.63, 3.8) is 0 Å². The first kappa shape index (κ1) is 22.5. The van der Waals surface area contributed by atoms with Crippen LogP contribution in [0.4, 0.5) is 11.4 Å². The fourth-order valence-electron chi connectivity index (χ4n) is 4.10. The van der Waals surface area contributed by atoms with E-state index in [1.165, 1.54) is 0 Å². The summed E-state index contributed by atoms with van der Waals surface area (Å²) in [7, 11) is 0. The van der Waals surface area contributed by atoms with Crippen molar-refractivity contribution in [3.05, 3.63) is 96.6 Å². The van der Waals surface area contributed by atoms with E-state index in [1.807, 2.05) is 61.5 Å². The Labute approximate surface area is 190 Å². The molecule has 5 heteroatoms. The number of ether oxygens (including phenoxy) is 3. The van der Waals surface area contributed by atoms with Crippen molar-refractivity contribution in [1.82, 2.24) is 5.43 Å². The van der Waals surface area contributed by atoms with E-state index in [0.717, 1.165) is 16.9 Å². The molecule has 5 nitrogen and oxygen atoms in total. The van der Waals surface area contributed by atoms with Crippen LogP contribution in [-0.4, -0.2) is 31.1 Å². The maximum atomic E-state index is 6.42. The Morgan fingerprint density at radius 3 is 1.97 bits per heavy atom. The molecule has 1 saturated heterocycles. The van der Waals surface area contributed by atoms with Gasteiger partial charge in [0.1, 0.15) is 6.10 Å². The molecule has 1 fully saturated rings. The highest BCUT2D eigenvalue weighted by molar-refractivity contribution is 5.61. The molecule has 1 aliphatic heterocycles. The Hall–Kier alpha value is -2.70. The molecule has 1 heterocycles. The van der Waals surface area contributed by atoms with Gasteiger partial charge >= 0.3 is 0 Å². The minimum absolute atomic E-state index is 0.000533. The van der Waals surface area contributed by atoms with Crippen molar-refractivity contribution in [2.24, 2.45) is 0 Å². The average Bonchev–Trinajstić information content (AvgIpc) is 2.84. The zero-order valence-electron chi connectivity index (χ0n) is 18.8. The molecule has 4 atom stereocenters. The second-order valence-electron chi connectivity index (χ2n) is 7.97. The van der Waals surface area contributed by atoms with Crippen LogP contribution in [0.5, 0.6) is 0 Å². The van der Waals surface area contributed by atoms with E-state index in [9.17, 15) is 0 Å². The first-order valence-electron chi connectivity index (χ1n) is 11.3. The summed E-state index contributed by atoms with van der Waals surface area (Å²) in [4.78, 5) is 0. The van der Waals surface area contributed by atoms with Gasteiger partial charge in [0.05, 0.1) is 30.1 Å². The summed E-state index contributed by atoms with van der Waals surface area (Å²) in [5.74, 6) is 0. The number of para-hydroxylation sites is 2. The van der Waals surface area contributed by atoms with Crippen LogP contribution in [0, 0.1) is 0 Å². The molecular weight excluding hydrogens is 400 g/mol. The summed E-state index contributed by atoms with van der Waals surface area (Å²) in [6.07, 6.45) is 0.169. The van der Waals surface area contributed by atoms with Gasteiger partial charge in [0, 0.05) is 13.0 Å². The number of rotatable bonds is 9. The van der Waals surface area contributed by atoms with Crippen molar-refractivity contribution < 1.29 is 14.2 Å². The first-order valence-corrected chi connectivity index (χ1v) is 11.3. The Morgan fingerprint density at radius 2 is 1.41 bits per heavy atom. The minimum atomic E-state index is -0.266. The van der Waals surface area contributed by atoms with Crippen LogP contribution in [0.15, 0.2) is 91.0 Å². The summed E-state index contributed by atoms with van der Waals surface area (Å²) in [5.41, 5.74) is 7.01. The van der Waals surface area contributed by atoms with E-state index in [1.54, 1.807) is 0 Å². The Morgan fingerprint density at radius 1 is 0.844 bits per heavy atom. The van der Waals surface area contributed by atoms with Crippen LogP contribution in [0.2, 0.25) is 0 Å². The van der Waals surface area contributed by atoms with Crippen molar-refractivity contribution in [3.8, 4) is 0 Å². The first-order chi connectivity index (χ1) is 15.7. The standard InChI is InChI=1S/C27H32N2O3/c1-3-30-26-19-25(27(21(2)32-26)31-20-22-13-7-4-8-14-22)28-29(23-15-9-5-10-16-23)24-17-11-6-12-18-24/h4-18,21,25-28H,3,19-20H2,1-2H3/t21-,25+,26-,27+/m0/s1. The second-order valence-corrected chi connectivity index (χ2v) is 7.97. The topological polar surface area (TPSA) is 43.0 Å². The summed E-state index contributed by atoms with van der Waals surface area (Å²) in [5, 5.41) is 2.13. The van der Waals surface area contributed by atoms with Gasteiger partial charge in [-0.25, -0.2) is 5.43 Å². The van der Waals surface area contributed by atoms with Gasteiger partial charge in [-0.1, -0.05) is 66.7 Å². The Bertz CT molecular complexity index is 884. The van der Waals surface area contributed by atoms with E-state index in [0.29, 0.717) is 19.6 Å². The highest BCUT2D eigenvalue weighted by Crippen LogP contribution is 2.29. The molecule has 32 heavy (non-hydrogen) atoms. The highest BCUT2D eigenvalue weighted by atomic mass is 16.7. The molecule has 168 valence electrons. The maximum absolute atomic E-state index is 6.42. The van der Waals surface area contributed by atoms with E-state index in [2.05, 4.69) is 53.8 Å². The predicted octanol–water partition coefficient (Wildman–Crippen LogP) is 5.45. The van der Waals surface area contributed by atoms with Gasteiger partial charge in [-0.3, -0.25) is 5.01 Å². The van der Waals surface area contributed by atoms with Gasteiger partial charge in [0.2, 0.25) is 0 Å². The van der Waals surface area contributed by atoms with Gasteiger partial charge in [0.15, 0.2) is 6.29 Å². The third-order valence-electron chi connectivity index (χ3n) is 5.63. The number of nitrogens with zero attached hydrogens (tertiary/aromatic N) is 1. The Kier molecular flexibility index (Phi) is 7.91. The van der Waals surface area contributed by atoms with Crippen LogP contribution in [-0.2, 0) is 20.8 Å². The largest absolute Gasteiger partial charge is 0.369 e. The normalized spacial score (nSPS) is 23.1. The smallest absolute Gasteiger partial charge is 0.159 e. The van der Waals surface area contributed by atoms with E-state index >= 15 is 0 Å². The second kappa shape index (κ2) is 11.2. The van der Waals surface area contributed by atoms with Crippen LogP contribution in [0.3, 0.4) is 0 Å². The summed E-state index contributed by atoms with van der Waals surface area (Å²) in [6.45, 7) is 5.20. The third kappa shape index (κ3) is 5.75. The molecule has 1 aliphatic rings. The van der Waals surface area contributed by atoms with Gasteiger partial charge in [0.25, 0.3) is 0 Å². The summed E-state index contributed by atoms with van der Waals surface area (Å²) >= 11 is 0. The summed E-state index contributed by atoms with van der Waals surface area (Å²) in [6, 6.07) is 30.9. The van der Waals surface area contributed by atoms with Gasteiger partial charge in [-0.15, -0.1) is 0 Å². The van der Waals surface area contributed by atoms with Crippen molar-refractivity contribution >= 4 is 11.4 Å². The van der Waals surface area contributed by atoms with Crippen molar-refractivity contribution in [2.45, 2.75) is 51.4 Å². The molecule has 0 saturated carbocycles. The molecule has 1 N–H and O–H groups in total. The number of hydrogen-bond donors (Lipinski definition) is 1. The average molecular weight is 433 g/mol. The number of nitrogens with one attached hydrogen (secondary N) is 1. The zero-order valence-corrected chi connectivity index (χ0v) is 18.8. The molecule has 3 aromatic carbocycles. The van der Waals surface area contributed by atoms with E-state index in [-0.39, 0.29) is 24.5 Å². The minimum Gasteiger partial charge on any atom is -0.369 e. The molecule has 0 amide bonds. The summed E-state index contributed by atoms with van der Waals surface area (Å²) < 4.78 is 18.4. The van der Waals surface area contributed by atoms with Crippen LogP contribution >= 0.6 is 0 Å². The number of benzene rings is 3. The molecule has 4 rings (SSSR count). The quantitative estimate of drug-likeness (QED) is 0.455. The van der Waals surface area contributed by atoms with Gasteiger partial charge in [-0.05, 0) is 43.7 Å². The van der Waals surface area contributed by atoms with Crippen LogP contribution in [0.25, 0.3) is 0 Å². The lowest BCUT2D eigenvalue weighted by Gasteiger charge is -2.43. The van der Waals surface area contributed by atoms with Gasteiger partial charge in [-0.2, -0.15) is 0 Å². The lowest BCUT2D eigenvalue weighted by molar-refractivity contribution is -0.234. The lowest BCUT2D eigenvalue weighted by atomic mass is 9.99. The van der Waals surface area contributed by atoms with Crippen LogP contribution < -0.4 is 10.4 Å². The maximum Gasteiger partial charge on any atom is 0.159 e. The van der Waals surface area contributed by atoms with E-state index in [4.69, 9.17) is 14.2 Å². The van der Waals surface area contributed by atoms with E-state index < -0.39 is 0 Å². The zero-order chi connectivity index (χ0) is 22.2. The lowest BCUT2D eigenvalue weighted by Crippen LogP contribution is -2.58. The monoisotopic (exact) mass is 432 g/mol. The molecule has 0 bridgehead atoms. The number of anilines is 2. The molecule has 3 aromatic rings. The molecular formula is C27H32N2O3. The molecule has 0 radical (unpaired) electrons. The fourth-order valence-corrected chi connectivity index (χ4v) is 4.10. The molecule has 0 unspecified atom stereocenters. The molecule has 0 aliphatic carbocycles. The van der Waals surface area contributed by atoms with Gasteiger partial charge < -0.3 is 14.2 Å². The SMILES string of the molecule is CCO[C@@H]1C[C@@H](NN(c2ccccc2)c2ccccc2)[C@H](OCc2ccccc2)[C@H](C)O1. The van der Waals surface area contributed by atoms with Crippen molar-refractivity contribution in [1.29, 1.82) is 0 Å². The highest BCUT2D eigenvalue weighted by Gasteiger charge is 2.39. The predicted molar refractivity (Wildman–Crippen MR) is 128 cm³/mol. The molecule has 0 spiro atoms. The van der Waals surface area contributed by atoms with Crippen LogP contribution in [0.1, 0.15) is 25.8 Å².